The van der Waals surface area contributed by atoms with E-state index in [1.54, 1.807) is 6.07 Å². The van der Waals surface area contributed by atoms with E-state index >= 15 is 0 Å². The molecule has 1 saturated heterocycles. The molecular weight excluding hydrogens is 316 g/mol. The smallest absolute Gasteiger partial charge is 0.315 e. The van der Waals surface area contributed by atoms with Gasteiger partial charge >= 0.3 is 6.03 Å². The summed E-state index contributed by atoms with van der Waals surface area (Å²) in [6, 6.07) is 3.65. The molecule has 0 aliphatic carbocycles. The van der Waals surface area contributed by atoms with Crippen molar-refractivity contribution < 1.29 is 18.7 Å². The summed E-state index contributed by atoms with van der Waals surface area (Å²) < 4.78 is 26.3. The number of anilines is 1. The Balaban J connectivity index is 1.77. The highest BCUT2D eigenvalue weighted by molar-refractivity contribution is 5.74. The van der Waals surface area contributed by atoms with Gasteiger partial charge in [0.25, 0.3) is 0 Å². The van der Waals surface area contributed by atoms with Crippen LogP contribution in [0.25, 0.3) is 0 Å². The van der Waals surface area contributed by atoms with E-state index < -0.39 is 11.6 Å². The lowest BCUT2D eigenvalue weighted by Gasteiger charge is -2.20. The zero-order chi connectivity index (χ0) is 17.5. The third-order valence-electron chi connectivity index (χ3n) is 4.41. The third-order valence-corrected chi connectivity index (χ3v) is 4.41. The molecule has 0 spiro atoms. The number of aliphatic hydroxyl groups excluding tert-OH is 1. The number of benzene rings is 1. The summed E-state index contributed by atoms with van der Waals surface area (Å²) in [5.41, 5.74) is 0.662. The minimum absolute atomic E-state index is 0.0303. The van der Waals surface area contributed by atoms with Crippen LogP contribution in [0.3, 0.4) is 0 Å². The maximum atomic E-state index is 13.3. The fraction of sp³-hybridized carbons (Fsp3) is 0.588. The van der Waals surface area contributed by atoms with Crippen molar-refractivity contribution in [1.82, 2.24) is 10.6 Å². The average molecular weight is 341 g/mol. The van der Waals surface area contributed by atoms with Gasteiger partial charge in [-0.15, -0.1) is 0 Å². The number of rotatable bonds is 7. The first-order chi connectivity index (χ1) is 11.5. The van der Waals surface area contributed by atoms with E-state index in [1.165, 1.54) is 6.07 Å². The predicted molar refractivity (Wildman–Crippen MR) is 89.0 cm³/mol. The Morgan fingerprint density at radius 1 is 1.42 bits per heavy atom. The van der Waals surface area contributed by atoms with E-state index in [2.05, 4.69) is 10.6 Å². The van der Waals surface area contributed by atoms with Crippen molar-refractivity contribution in [3.05, 3.63) is 29.8 Å². The highest BCUT2D eigenvalue weighted by Gasteiger charge is 2.24. The van der Waals surface area contributed by atoms with Gasteiger partial charge in [-0.25, -0.2) is 13.6 Å². The zero-order valence-electron chi connectivity index (χ0n) is 13.9. The summed E-state index contributed by atoms with van der Waals surface area (Å²) in [6.07, 6.45) is 2.19. The second-order valence-corrected chi connectivity index (χ2v) is 6.17. The molecule has 7 heteroatoms. The van der Waals surface area contributed by atoms with Gasteiger partial charge in [-0.3, -0.25) is 0 Å². The van der Waals surface area contributed by atoms with Gasteiger partial charge in [-0.1, -0.05) is 6.92 Å². The van der Waals surface area contributed by atoms with Gasteiger partial charge in [-0.2, -0.15) is 0 Å². The standard InChI is InChI=1S/C17H25F2N3O2/c1-2-13(6-8-23)21-17(24)20-10-12-5-7-22(11-12)14-3-4-15(18)16(19)9-14/h3-4,9,12-13,23H,2,5-8,10-11H2,1H3,(H2,20,21,24). The summed E-state index contributed by atoms with van der Waals surface area (Å²) >= 11 is 0. The second-order valence-electron chi connectivity index (χ2n) is 6.17. The normalized spacial score (nSPS) is 18.5. The first kappa shape index (κ1) is 18.4. The van der Waals surface area contributed by atoms with Crippen LogP contribution in [0.5, 0.6) is 0 Å². The molecule has 0 bridgehead atoms. The van der Waals surface area contributed by atoms with Gasteiger partial charge in [-0.05, 0) is 37.3 Å². The zero-order valence-corrected chi connectivity index (χ0v) is 13.9. The molecule has 5 nitrogen and oxygen atoms in total. The predicted octanol–water partition coefficient (Wildman–Crippen LogP) is 2.25. The molecule has 2 atom stereocenters. The second kappa shape index (κ2) is 8.82. The summed E-state index contributed by atoms with van der Waals surface area (Å²) in [5, 5.41) is 14.6. The maximum Gasteiger partial charge on any atom is 0.315 e. The van der Waals surface area contributed by atoms with Crippen molar-refractivity contribution >= 4 is 11.7 Å². The molecule has 1 aliphatic heterocycles. The van der Waals surface area contributed by atoms with E-state index in [0.29, 0.717) is 25.2 Å². The van der Waals surface area contributed by atoms with Crippen molar-refractivity contribution in [1.29, 1.82) is 0 Å². The molecular formula is C17H25F2N3O2. The molecule has 0 radical (unpaired) electrons. The van der Waals surface area contributed by atoms with E-state index in [0.717, 1.165) is 25.5 Å². The average Bonchev–Trinajstić information content (AvgIpc) is 3.04. The molecule has 2 unspecified atom stereocenters. The number of hydrogen-bond donors (Lipinski definition) is 3. The maximum absolute atomic E-state index is 13.3. The van der Waals surface area contributed by atoms with Crippen LogP contribution < -0.4 is 15.5 Å². The topological polar surface area (TPSA) is 64.6 Å². The SMILES string of the molecule is CCC(CCO)NC(=O)NCC1CCN(c2ccc(F)c(F)c2)C1. The van der Waals surface area contributed by atoms with E-state index in [-0.39, 0.29) is 24.6 Å². The summed E-state index contributed by atoms with van der Waals surface area (Å²) in [6.45, 7) is 3.98. The Kier molecular flexibility index (Phi) is 6.78. The minimum Gasteiger partial charge on any atom is -0.396 e. The van der Waals surface area contributed by atoms with E-state index in [9.17, 15) is 13.6 Å². The molecule has 3 N–H and O–H groups in total. The van der Waals surface area contributed by atoms with E-state index in [4.69, 9.17) is 5.11 Å². The van der Waals surface area contributed by atoms with Crippen molar-refractivity contribution in [2.75, 3.05) is 31.1 Å². The molecule has 1 aromatic rings. The van der Waals surface area contributed by atoms with Crippen molar-refractivity contribution in [2.45, 2.75) is 32.2 Å². The molecule has 134 valence electrons. The van der Waals surface area contributed by atoms with Crippen LogP contribution >= 0.6 is 0 Å². The first-order valence-electron chi connectivity index (χ1n) is 8.38. The van der Waals surface area contributed by atoms with Crippen molar-refractivity contribution in [2.24, 2.45) is 5.92 Å². The van der Waals surface area contributed by atoms with Crippen LogP contribution in [-0.4, -0.2) is 43.4 Å². The lowest BCUT2D eigenvalue weighted by atomic mass is 10.1. The summed E-state index contributed by atoms with van der Waals surface area (Å²) in [5.74, 6) is -1.43. The Morgan fingerprint density at radius 3 is 2.88 bits per heavy atom. The molecule has 2 rings (SSSR count). The highest BCUT2D eigenvalue weighted by atomic mass is 19.2. The number of nitrogens with zero attached hydrogens (tertiary/aromatic N) is 1. The van der Waals surface area contributed by atoms with Crippen LogP contribution in [-0.2, 0) is 0 Å². The lowest BCUT2D eigenvalue weighted by molar-refractivity contribution is 0.226. The van der Waals surface area contributed by atoms with Crippen LogP contribution in [0.2, 0.25) is 0 Å². The minimum atomic E-state index is -0.846. The molecule has 2 amide bonds. The number of halogens is 2. The van der Waals surface area contributed by atoms with Gasteiger partial charge in [0, 0.05) is 44.0 Å². The molecule has 1 aliphatic rings. The number of hydrogen-bond acceptors (Lipinski definition) is 3. The van der Waals surface area contributed by atoms with E-state index in [1.807, 2.05) is 11.8 Å². The van der Waals surface area contributed by atoms with Crippen LogP contribution in [0.1, 0.15) is 26.2 Å². The number of urea groups is 1. The van der Waals surface area contributed by atoms with Crippen LogP contribution in [0, 0.1) is 17.6 Å². The van der Waals surface area contributed by atoms with Crippen molar-refractivity contribution in [3.8, 4) is 0 Å². The monoisotopic (exact) mass is 341 g/mol. The molecule has 0 aromatic heterocycles. The Morgan fingerprint density at radius 2 is 2.21 bits per heavy atom. The Labute approximate surface area is 141 Å². The first-order valence-corrected chi connectivity index (χ1v) is 8.38. The lowest BCUT2D eigenvalue weighted by Crippen LogP contribution is -2.44. The third kappa shape index (κ3) is 5.06. The van der Waals surface area contributed by atoms with Gasteiger partial charge in [0.1, 0.15) is 0 Å². The number of aliphatic hydroxyl groups is 1. The van der Waals surface area contributed by atoms with Crippen LogP contribution in [0.4, 0.5) is 19.3 Å². The Hall–Kier alpha value is -1.89. The number of nitrogens with one attached hydrogen (secondary N) is 2. The van der Waals surface area contributed by atoms with Gasteiger partial charge in [0.05, 0.1) is 0 Å². The molecule has 24 heavy (non-hydrogen) atoms. The molecule has 1 heterocycles. The number of carbonyl (C=O) groups is 1. The number of amides is 2. The van der Waals surface area contributed by atoms with Gasteiger partial charge in [0.15, 0.2) is 11.6 Å². The fourth-order valence-corrected chi connectivity index (χ4v) is 2.92. The van der Waals surface area contributed by atoms with Gasteiger partial charge < -0.3 is 20.6 Å². The molecule has 0 saturated carbocycles. The highest BCUT2D eigenvalue weighted by Crippen LogP contribution is 2.24. The van der Waals surface area contributed by atoms with Crippen molar-refractivity contribution in [3.63, 3.8) is 0 Å². The number of carbonyl (C=O) groups excluding carboxylic acids is 1. The molecule has 1 aromatic carbocycles. The largest absolute Gasteiger partial charge is 0.396 e. The molecule has 1 fully saturated rings. The summed E-state index contributed by atoms with van der Waals surface area (Å²) in [4.78, 5) is 13.9. The fourth-order valence-electron chi connectivity index (χ4n) is 2.92. The summed E-state index contributed by atoms with van der Waals surface area (Å²) in [7, 11) is 0. The van der Waals surface area contributed by atoms with Crippen LogP contribution in [0.15, 0.2) is 18.2 Å². The Bertz CT molecular complexity index is 557. The quantitative estimate of drug-likeness (QED) is 0.713. The van der Waals surface area contributed by atoms with Gasteiger partial charge in [0.2, 0.25) is 0 Å².